The first-order valence-electron chi connectivity index (χ1n) is 6.97. The van der Waals surface area contributed by atoms with Crippen molar-refractivity contribution in [1.82, 2.24) is 0 Å². The Bertz CT molecular complexity index is 444. The Kier molecular flexibility index (Phi) is 6.15. The van der Waals surface area contributed by atoms with Gasteiger partial charge in [0.2, 0.25) is 5.60 Å². The Labute approximate surface area is 128 Å². The lowest BCUT2D eigenvalue weighted by Crippen LogP contribution is -2.28. The van der Waals surface area contributed by atoms with Gasteiger partial charge in [0.05, 0.1) is 0 Å². The summed E-state index contributed by atoms with van der Waals surface area (Å²) < 4.78 is 0. The number of rotatable bonds is 0. The smallest absolute Gasteiger partial charge is 0.249 e. The molecule has 1 nitrogen and oxygen atoms in total. The molecule has 0 amide bonds. The largest absolute Gasteiger partial charge is 0.358 e. The molecule has 0 aromatic heterocycles. The minimum atomic E-state index is -1.55. The topological polar surface area (TPSA) is 20.2 Å². The van der Waals surface area contributed by atoms with Gasteiger partial charge in [-0.15, -0.1) is 16.6 Å². The van der Waals surface area contributed by atoms with Crippen LogP contribution < -0.4 is 0 Å². The van der Waals surface area contributed by atoms with Crippen LogP contribution in [0.1, 0.15) is 0 Å². The zero-order valence-corrected chi connectivity index (χ0v) is 17.4. The van der Waals surface area contributed by atoms with E-state index in [0.29, 0.717) is 0 Å². The number of aliphatic hydroxyl groups is 1. The van der Waals surface area contributed by atoms with E-state index in [1.807, 2.05) is 0 Å². The molecule has 0 fully saturated rings. The fraction of sp³-hybridized carbons (Fsp3) is 0.625. The van der Waals surface area contributed by atoms with Gasteiger partial charge >= 0.3 is 0 Å². The molecule has 0 saturated heterocycles. The molecule has 0 unspecified atom stereocenters. The fourth-order valence-electron chi connectivity index (χ4n) is 0.928. The molecule has 0 aromatic carbocycles. The second-order valence-corrected chi connectivity index (χ2v) is 22.5. The first-order valence-corrected chi connectivity index (χ1v) is 17.5. The van der Waals surface area contributed by atoms with E-state index >= 15 is 0 Å². The van der Waals surface area contributed by atoms with E-state index < -0.39 is 29.8 Å². The van der Waals surface area contributed by atoms with E-state index in [1.165, 1.54) is 0 Å². The van der Waals surface area contributed by atoms with Crippen LogP contribution in [0.15, 0.2) is 0 Å². The lowest BCUT2D eigenvalue weighted by atomic mass is 10.1. The van der Waals surface area contributed by atoms with Crippen LogP contribution in [-0.2, 0) is 0 Å². The normalized spacial score (nSPS) is 12.3. The highest BCUT2D eigenvalue weighted by molar-refractivity contribution is 6.84. The molecule has 0 saturated carbocycles. The van der Waals surface area contributed by atoms with Gasteiger partial charge in [0.25, 0.3) is 0 Å². The van der Waals surface area contributed by atoms with Crippen molar-refractivity contribution < 1.29 is 5.11 Å². The van der Waals surface area contributed by atoms with Gasteiger partial charge in [-0.1, -0.05) is 58.9 Å². The van der Waals surface area contributed by atoms with Gasteiger partial charge < -0.3 is 5.11 Å². The Hall–Kier alpha value is -0.709. The fourth-order valence-corrected chi connectivity index (χ4v) is 2.60. The van der Waals surface area contributed by atoms with Gasteiger partial charge in [-0.25, -0.2) is 0 Å². The van der Waals surface area contributed by atoms with E-state index in [9.17, 15) is 5.11 Å². The van der Waals surface area contributed by atoms with Crippen LogP contribution in [0.5, 0.6) is 0 Å². The summed E-state index contributed by atoms with van der Waals surface area (Å²) in [6, 6.07) is 0. The van der Waals surface area contributed by atoms with Crippen molar-refractivity contribution in [1.29, 1.82) is 0 Å². The minimum absolute atomic E-state index is 1.46. The Morgan fingerprint density at radius 1 is 0.550 bits per heavy atom. The molecular formula is C16H28OSi3. The zero-order chi connectivity index (χ0) is 16.2. The molecule has 0 rings (SSSR count). The molecule has 1 N–H and O–H groups in total. The zero-order valence-electron chi connectivity index (χ0n) is 14.4. The highest BCUT2D eigenvalue weighted by atomic mass is 28.3. The van der Waals surface area contributed by atoms with Gasteiger partial charge in [0.15, 0.2) is 0 Å². The maximum absolute atomic E-state index is 10.6. The third kappa shape index (κ3) is 11.1. The predicted octanol–water partition coefficient (Wildman–Crippen LogP) is 3.36. The van der Waals surface area contributed by atoms with E-state index in [1.54, 1.807) is 0 Å². The second-order valence-electron chi connectivity index (χ2n) is 8.21. The van der Waals surface area contributed by atoms with Crippen molar-refractivity contribution in [3.63, 3.8) is 0 Å². The number of hydrogen-bond donors (Lipinski definition) is 1. The first kappa shape index (κ1) is 19.3. The van der Waals surface area contributed by atoms with E-state index in [0.717, 1.165) is 0 Å². The molecule has 0 aromatic rings. The van der Waals surface area contributed by atoms with Crippen LogP contribution in [-0.4, -0.2) is 34.9 Å². The molecule has 4 heteroatoms. The summed E-state index contributed by atoms with van der Waals surface area (Å²) in [6.45, 7) is 19.4. The Morgan fingerprint density at radius 3 is 0.900 bits per heavy atom. The summed E-state index contributed by atoms with van der Waals surface area (Å²) in [5.74, 6) is 8.84. The van der Waals surface area contributed by atoms with E-state index in [-0.39, 0.29) is 0 Å². The standard InChI is InChI=1S/C16H28OSi3/c1-18(2,3)13-10-16(17,11-14-19(4,5)6)12-15-20(7,8)9/h17H,1-9H3. The molecule has 0 radical (unpaired) electrons. The molecule has 110 valence electrons. The van der Waals surface area contributed by atoms with Crippen molar-refractivity contribution in [3.05, 3.63) is 0 Å². The van der Waals surface area contributed by atoms with E-state index in [4.69, 9.17) is 0 Å². The molecule has 0 spiro atoms. The summed E-state index contributed by atoms with van der Waals surface area (Å²) in [4.78, 5) is 0. The van der Waals surface area contributed by atoms with Crippen molar-refractivity contribution in [2.45, 2.75) is 64.5 Å². The number of hydrogen-bond acceptors (Lipinski definition) is 1. The maximum Gasteiger partial charge on any atom is 0.249 e. The lowest BCUT2D eigenvalue weighted by Gasteiger charge is -2.13. The van der Waals surface area contributed by atoms with Crippen LogP contribution >= 0.6 is 0 Å². The molecular weight excluding hydrogens is 292 g/mol. The van der Waals surface area contributed by atoms with Gasteiger partial charge in [0, 0.05) is 0 Å². The van der Waals surface area contributed by atoms with Crippen LogP contribution in [0, 0.1) is 34.4 Å². The summed E-state index contributed by atoms with van der Waals surface area (Å²) in [5, 5.41) is 10.6. The third-order valence-electron chi connectivity index (χ3n) is 1.86. The van der Waals surface area contributed by atoms with Gasteiger partial charge in [-0.3, -0.25) is 0 Å². The Morgan fingerprint density at radius 2 is 0.750 bits per heavy atom. The highest BCUT2D eigenvalue weighted by Gasteiger charge is 2.22. The lowest BCUT2D eigenvalue weighted by molar-refractivity contribution is 0.224. The maximum atomic E-state index is 10.6. The third-order valence-corrected chi connectivity index (χ3v) is 4.48. The van der Waals surface area contributed by atoms with Crippen molar-refractivity contribution in [3.8, 4) is 34.4 Å². The van der Waals surface area contributed by atoms with Gasteiger partial charge in [0.1, 0.15) is 24.2 Å². The molecule has 0 aliphatic heterocycles. The second kappa shape index (κ2) is 6.37. The molecule has 0 atom stereocenters. The molecule has 0 aliphatic carbocycles. The van der Waals surface area contributed by atoms with Gasteiger partial charge in [-0.2, -0.15) is 0 Å². The monoisotopic (exact) mass is 320 g/mol. The van der Waals surface area contributed by atoms with Crippen LogP contribution in [0.3, 0.4) is 0 Å². The molecule has 0 heterocycles. The van der Waals surface area contributed by atoms with Crippen LogP contribution in [0.25, 0.3) is 0 Å². The molecule has 0 bridgehead atoms. The SMILES string of the molecule is C[Si](C)(C)C#CC(O)(C#C[Si](C)(C)C)C#C[Si](C)(C)C. The summed E-state index contributed by atoms with van der Waals surface area (Å²) >= 11 is 0. The van der Waals surface area contributed by atoms with Crippen LogP contribution in [0.2, 0.25) is 58.9 Å². The van der Waals surface area contributed by atoms with Crippen molar-refractivity contribution in [2.75, 3.05) is 0 Å². The van der Waals surface area contributed by atoms with Gasteiger partial charge in [-0.05, 0) is 17.8 Å². The van der Waals surface area contributed by atoms with Crippen LogP contribution in [0.4, 0.5) is 0 Å². The predicted molar refractivity (Wildman–Crippen MR) is 98.3 cm³/mol. The van der Waals surface area contributed by atoms with Crippen molar-refractivity contribution in [2.24, 2.45) is 0 Å². The highest BCUT2D eigenvalue weighted by Crippen LogP contribution is 2.07. The molecule has 0 aliphatic rings. The minimum Gasteiger partial charge on any atom is -0.358 e. The quantitative estimate of drug-likeness (QED) is 0.536. The average Bonchev–Trinajstić information content (AvgIpc) is 2.18. The molecule has 20 heavy (non-hydrogen) atoms. The Balaban J connectivity index is 5.71. The van der Waals surface area contributed by atoms with E-state index in [2.05, 4.69) is 93.3 Å². The summed E-state index contributed by atoms with van der Waals surface area (Å²) in [5.41, 5.74) is 8.14. The average molecular weight is 321 g/mol. The first-order chi connectivity index (χ1) is 8.62. The van der Waals surface area contributed by atoms with Crippen molar-refractivity contribution >= 4 is 24.2 Å². The summed E-state index contributed by atoms with van der Waals surface area (Å²) in [6.07, 6.45) is 0. The summed E-state index contributed by atoms with van der Waals surface area (Å²) in [7, 11) is -4.65.